The molecule has 0 atom stereocenters. The third kappa shape index (κ3) is 6.00. The summed E-state index contributed by atoms with van der Waals surface area (Å²) in [6.07, 6.45) is 4.72. The average Bonchev–Trinajstić information content (AvgIpc) is 2.32. The monoisotopic (exact) mass is 274 g/mol. The predicted octanol–water partition coefficient (Wildman–Crippen LogP) is 3.70. The molecule has 0 bridgehead atoms. The molecule has 0 aliphatic heterocycles. The molecule has 0 fully saturated rings. The van der Waals surface area contributed by atoms with Gasteiger partial charge in [0.2, 0.25) is 0 Å². The molecule has 0 aromatic heterocycles. The quantitative estimate of drug-likeness (QED) is 0.628. The molecule has 0 saturated carbocycles. The van der Waals surface area contributed by atoms with E-state index in [0.717, 1.165) is 24.7 Å². The van der Waals surface area contributed by atoms with E-state index in [1.165, 1.54) is 28.2 Å². The van der Waals surface area contributed by atoms with Crippen LogP contribution in [0.15, 0.2) is 21.5 Å². The molecular formula is C13H22O2S2. The topological polar surface area (TPSA) is 18.5 Å². The third-order valence-corrected chi connectivity index (χ3v) is 4.83. The Bertz CT molecular complexity index is 285. The molecule has 4 heteroatoms. The highest BCUT2D eigenvalue weighted by Crippen LogP contribution is 2.37. The van der Waals surface area contributed by atoms with Gasteiger partial charge in [-0.3, -0.25) is 0 Å². The van der Waals surface area contributed by atoms with Crippen LogP contribution in [0.4, 0.5) is 0 Å². The number of hydrogen-bond donors (Lipinski definition) is 0. The smallest absolute Gasteiger partial charge is 0.0556 e. The fourth-order valence-electron chi connectivity index (χ4n) is 1.56. The SMILES string of the molecule is COCCSC1=C(SCCOC)CCC(C)=C1. The van der Waals surface area contributed by atoms with Gasteiger partial charge in [-0.25, -0.2) is 0 Å². The summed E-state index contributed by atoms with van der Waals surface area (Å²) in [6.45, 7) is 3.86. The minimum Gasteiger partial charge on any atom is -0.384 e. The number of rotatable bonds is 8. The van der Waals surface area contributed by atoms with E-state index in [0.29, 0.717) is 0 Å². The lowest BCUT2D eigenvalue weighted by molar-refractivity contribution is 0.218. The van der Waals surface area contributed by atoms with Gasteiger partial charge >= 0.3 is 0 Å². The summed E-state index contributed by atoms with van der Waals surface area (Å²) < 4.78 is 10.2. The van der Waals surface area contributed by atoms with Crippen molar-refractivity contribution in [3.8, 4) is 0 Å². The van der Waals surface area contributed by atoms with Crippen LogP contribution in [0, 0.1) is 0 Å². The molecular weight excluding hydrogens is 252 g/mol. The Hall–Kier alpha value is 0.100. The van der Waals surface area contributed by atoms with Gasteiger partial charge in [0.1, 0.15) is 0 Å². The summed E-state index contributed by atoms with van der Waals surface area (Å²) in [4.78, 5) is 2.96. The second-order valence-corrected chi connectivity index (χ2v) is 6.29. The van der Waals surface area contributed by atoms with Crippen molar-refractivity contribution in [3.05, 3.63) is 21.5 Å². The van der Waals surface area contributed by atoms with Crippen molar-refractivity contribution in [2.45, 2.75) is 19.8 Å². The summed E-state index contributed by atoms with van der Waals surface area (Å²) >= 11 is 3.85. The molecule has 0 amide bonds. The Kier molecular flexibility index (Phi) is 8.10. The normalized spacial score (nSPS) is 16.3. The second-order valence-electron chi connectivity index (χ2n) is 3.96. The highest BCUT2D eigenvalue weighted by atomic mass is 32.2. The molecule has 2 nitrogen and oxygen atoms in total. The number of thioether (sulfide) groups is 2. The van der Waals surface area contributed by atoms with Gasteiger partial charge in [-0.2, -0.15) is 0 Å². The molecule has 0 radical (unpaired) electrons. The van der Waals surface area contributed by atoms with Gasteiger partial charge < -0.3 is 9.47 Å². The van der Waals surface area contributed by atoms with E-state index in [-0.39, 0.29) is 0 Å². The Labute approximate surface area is 113 Å². The van der Waals surface area contributed by atoms with Crippen LogP contribution in [-0.4, -0.2) is 38.9 Å². The summed E-state index contributed by atoms with van der Waals surface area (Å²) in [5, 5.41) is 0. The first-order valence-electron chi connectivity index (χ1n) is 5.91. The van der Waals surface area contributed by atoms with E-state index in [1.807, 2.05) is 23.5 Å². The van der Waals surface area contributed by atoms with Crippen LogP contribution in [0.2, 0.25) is 0 Å². The zero-order valence-electron chi connectivity index (χ0n) is 11.0. The van der Waals surface area contributed by atoms with Gasteiger partial charge in [-0.05, 0) is 30.7 Å². The minimum absolute atomic E-state index is 0.817. The lowest BCUT2D eigenvalue weighted by atomic mass is 10.1. The lowest BCUT2D eigenvalue weighted by Crippen LogP contribution is -1.99. The maximum atomic E-state index is 5.10. The molecule has 0 saturated heterocycles. The van der Waals surface area contributed by atoms with Crippen LogP contribution in [0.5, 0.6) is 0 Å². The van der Waals surface area contributed by atoms with Crippen molar-refractivity contribution in [2.24, 2.45) is 0 Å². The summed E-state index contributed by atoms with van der Waals surface area (Å²) in [6, 6.07) is 0. The molecule has 1 aliphatic carbocycles. The first kappa shape index (κ1) is 15.2. The third-order valence-electron chi connectivity index (χ3n) is 2.51. The largest absolute Gasteiger partial charge is 0.384 e. The summed E-state index contributed by atoms with van der Waals surface area (Å²) in [5.74, 6) is 2.08. The van der Waals surface area contributed by atoms with Crippen molar-refractivity contribution < 1.29 is 9.47 Å². The van der Waals surface area contributed by atoms with E-state index < -0.39 is 0 Å². The van der Waals surface area contributed by atoms with Crippen molar-refractivity contribution in [2.75, 3.05) is 38.9 Å². The van der Waals surface area contributed by atoms with Crippen LogP contribution in [0.3, 0.4) is 0 Å². The fourth-order valence-corrected chi connectivity index (χ4v) is 3.87. The van der Waals surface area contributed by atoms with Gasteiger partial charge in [0.05, 0.1) is 13.2 Å². The lowest BCUT2D eigenvalue weighted by Gasteiger charge is -2.17. The summed E-state index contributed by atoms with van der Waals surface area (Å²) in [7, 11) is 3.51. The van der Waals surface area contributed by atoms with Gasteiger partial charge in [-0.15, -0.1) is 23.5 Å². The predicted molar refractivity (Wildman–Crippen MR) is 78.7 cm³/mol. The molecule has 98 valence electrons. The zero-order chi connectivity index (χ0) is 12.5. The molecule has 1 aliphatic rings. The van der Waals surface area contributed by atoms with Gasteiger partial charge in [0, 0.05) is 30.6 Å². The Morgan fingerprint density at radius 3 is 2.35 bits per heavy atom. The molecule has 0 spiro atoms. The highest BCUT2D eigenvalue weighted by Gasteiger charge is 2.12. The van der Waals surface area contributed by atoms with E-state index in [1.54, 1.807) is 14.2 Å². The van der Waals surface area contributed by atoms with Crippen LogP contribution < -0.4 is 0 Å². The number of ether oxygens (including phenoxy) is 2. The fraction of sp³-hybridized carbons (Fsp3) is 0.692. The van der Waals surface area contributed by atoms with Gasteiger partial charge in [-0.1, -0.05) is 5.57 Å². The molecule has 0 heterocycles. The molecule has 1 rings (SSSR count). The first-order chi connectivity index (χ1) is 8.27. The van der Waals surface area contributed by atoms with Crippen molar-refractivity contribution in [1.29, 1.82) is 0 Å². The van der Waals surface area contributed by atoms with Crippen LogP contribution in [-0.2, 0) is 9.47 Å². The van der Waals surface area contributed by atoms with Crippen LogP contribution in [0.25, 0.3) is 0 Å². The van der Waals surface area contributed by atoms with Crippen molar-refractivity contribution in [3.63, 3.8) is 0 Å². The minimum atomic E-state index is 0.817. The zero-order valence-corrected chi connectivity index (χ0v) is 12.6. The summed E-state index contributed by atoms with van der Waals surface area (Å²) in [5.41, 5.74) is 1.49. The van der Waals surface area contributed by atoms with E-state index in [4.69, 9.17) is 9.47 Å². The number of methoxy groups -OCH3 is 2. The average molecular weight is 274 g/mol. The van der Waals surface area contributed by atoms with Crippen molar-refractivity contribution >= 4 is 23.5 Å². The molecule has 17 heavy (non-hydrogen) atoms. The molecule has 0 aromatic carbocycles. The van der Waals surface area contributed by atoms with Crippen molar-refractivity contribution in [1.82, 2.24) is 0 Å². The first-order valence-corrected chi connectivity index (χ1v) is 7.89. The van der Waals surface area contributed by atoms with E-state index in [9.17, 15) is 0 Å². The number of allylic oxidation sites excluding steroid dienone is 3. The van der Waals surface area contributed by atoms with Gasteiger partial charge in [0.25, 0.3) is 0 Å². The van der Waals surface area contributed by atoms with E-state index in [2.05, 4.69) is 13.0 Å². The molecule has 0 unspecified atom stereocenters. The maximum Gasteiger partial charge on any atom is 0.0556 e. The number of hydrogen-bond acceptors (Lipinski definition) is 4. The van der Waals surface area contributed by atoms with Crippen LogP contribution >= 0.6 is 23.5 Å². The second kappa shape index (κ2) is 9.09. The highest BCUT2D eigenvalue weighted by molar-refractivity contribution is 8.06. The molecule has 0 aromatic rings. The Balaban J connectivity index is 2.52. The van der Waals surface area contributed by atoms with Crippen LogP contribution in [0.1, 0.15) is 19.8 Å². The standard InChI is InChI=1S/C13H22O2S2/c1-11-4-5-12(16-8-6-14-2)13(10-11)17-9-7-15-3/h10H,4-9H2,1-3H3. The Morgan fingerprint density at radius 1 is 1.06 bits per heavy atom. The van der Waals surface area contributed by atoms with E-state index >= 15 is 0 Å². The maximum absolute atomic E-state index is 5.10. The molecule has 0 N–H and O–H groups in total. The van der Waals surface area contributed by atoms with Gasteiger partial charge in [0.15, 0.2) is 0 Å². The Morgan fingerprint density at radius 2 is 1.71 bits per heavy atom.